The molecule has 7 heterocycles. The minimum absolute atomic E-state index is 0.772. The summed E-state index contributed by atoms with van der Waals surface area (Å²) in [5.74, 6) is -27.1. The van der Waals surface area contributed by atoms with Crippen LogP contribution in [0.5, 0.6) is 0 Å². The van der Waals surface area contributed by atoms with Crippen LogP contribution in [0.3, 0.4) is 0 Å². The first-order chi connectivity index (χ1) is 68.8. The fourth-order valence-electron chi connectivity index (χ4n) is 16.1. The van der Waals surface area contributed by atoms with Gasteiger partial charge in [-0.25, -0.2) is 0 Å². The van der Waals surface area contributed by atoms with Crippen LogP contribution in [0.4, 0.5) is 0 Å². The highest BCUT2D eigenvalue weighted by molar-refractivity contribution is 5.74. The van der Waals surface area contributed by atoms with Crippen LogP contribution >= 0.6 is 0 Å². The van der Waals surface area contributed by atoms with Gasteiger partial charge in [-0.2, -0.15) is 0 Å². The van der Waals surface area contributed by atoms with Crippen molar-refractivity contribution in [2.75, 3.05) is 46.2 Å². The molecule has 59 heteroatoms. The third kappa shape index (κ3) is 36.7. The van der Waals surface area contributed by atoms with Crippen molar-refractivity contribution in [3.05, 3.63) is 0 Å². The van der Waals surface area contributed by atoms with Crippen molar-refractivity contribution < 1.29 is 281 Å². The number of esters is 23. The van der Waals surface area contributed by atoms with E-state index in [0.29, 0.717) is 0 Å². The van der Waals surface area contributed by atoms with Crippen LogP contribution in [0.2, 0.25) is 0 Å². The van der Waals surface area contributed by atoms with Crippen LogP contribution in [-0.4, -0.2) is 398 Å². The summed E-state index contributed by atoms with van der Waals surface area (Å²) in [6.45, 7) is 12.4. The maximum Gasteiger partial charge on any atom is 0.305 e. The molecule has 0 aliphatic carbocycles. The molecule has 0 spiro atoms. The summed E-state index contributed by atoms with van der Waals surface area (Å²) in [5, 5.41) is 0. The Balaban J connectivity index is 1.40. The topological polar surface area (TPSA) is 725 Å². The summed E-state index contributed by atoms with van der Waals surface area (Å²) >= 11 is 0. The number of ether oxygens (including phenoxy) is 36. The van der Waals surface area contributed by atoms with Crippen molar-refractivity contribution in [1.29, 1.82) is 0 Å². The molecule has 0 aromatic carbocycles. The molecule has 7 rings (SSSR count). The van der Waals surface area contributed by atoms with Crippen molar-refractivity contribution in [1.82, 2.24) is 0 Å². The molecule has 7 saturated heterocycles. The lowest BCUT2D eigenvalue weighted by atomic mass is 9.94. The molecule has 147 heavy (non-hydrogen) atoms. The number of carbonyl (C=O) groups excluding carboxylic acids is 23. The summed E-state index contributed by atoms with van der Waals surface area (Å²) in [5.41, 5.74) is 0. The Labute approximate surface area is 835 Å². The van der Waals surface area contributed by atoms with Crippen molar-refractivity contribution in [2.24, 2.45) is 0 Å². The van der Waals surface area contributed by atoms with Crippen molar-refractivity contribution >= 4 is 137 Å². The van der Waals surface area contributed by atoms with Gasteiger partial charge in [-0.15, -0.1) is 0 Å². The van der Waals surface area contributed by atoms with Gasteiger partial charge in [0.1, 0.15) is 126 Å². The Bertz CT molecular complexity index is 4650. The quantitative estimate of drug-likeness (QED) is 0.0430. The highest BCUT2D eigenvalue weighted by Gasteiger charge is 2.66. The van der Waals surface area contributed by atoms with Crippen molar-refractivity contribution in [2.45, 2.75) is 374 Å². The highest BCUT2D eigenvalue weighted by atomic mass is 16.8. The van der Waals surface area contributed by atoms with E-state index in [-0.39, 0.29) is 0 Å². The summed E-state index contributed by atoms with van der Waals surface area (Å²) in [6, 6.07) is 0. The zero-order chi connectivity index (χ0) is 110. The van der Waals surface area contributed by atoms with Gasteiger partial charge < -0.3 is 171 Å². The van der Waals surface area contributed by atoms with Gasteiger partial charge in [-0.3, -0.25) is 110 Å². The zero-order valence-corrected chi connectivity index (χ0v) is 83.7. The lowest BCUT2D eigenvalue weighted by Gasteiger charge is -2.52. The summed E-state index contributed by atoms with van der Waals surface area (Å²) in [7, 11) is 0. The van der Waals surface area contributed by atoms with E-state index < -0.39 is 398 Å². The normalized spacial score (nSPS) is 32.8. The molecule has 7 aliphatic heterocycles. The Hall–Kier alpha value is -12.7. The fraction of sp³-hybridized carbons (Fsp3) is 0.739. The van der Waals surface area contributed by atoms with E-state index in [2.05, 4.69) is 0 Å². The predicted octanol–water partition coefficient (Wildman–Crippen LogP) is -3.15. The third-order valence-electron chi connectivity index (χ3n) is 20.9. The van der Waals surface area contributed by atoms with Gasteiger partial charge in [-0.05, 0) is 0 Å². The molecule has 0 saturated carbocycles. The minimum atomic E-state index is -2.51. The average molecular weight is 2120 g/mol. The first-order valence-corrected chi connectivity index (χ1v) is 45.0. The second kappa shape index (κ2) is 55.9. The number of carbonyl (C=O) groups is 23. The van der Waals surface area contributed by atoms with Gasteiger partial charge >= 0.3 is 137 Å². The third-order valence-corrected chi connectivity index (χ3v) is 20.9. The Kier molecular flexibility index (Phi) is 46.1. The van der Waals surface area contributed by atoms with Gasteiger partial charge in [0.05, 0.1) is 0 Å². The van der Waals surface area contributed by atoms with Gasteiger partial charge in [0, 0.05) is 159 Å². The molecule has 7 fully saturated rings. The van der Waals surface area contributed by atoms with Gasteiger partial charge in [0.25, 0.3) is 0 Å². The van der Waals surface area contributed by atoms with Crippen LogP contribution in [0.15, 0.2) is 0 Å². The van der Waals surface area contributed by atoms with E-state index in [0.717, 1.165) is 159 Å². The molecular formula is C88H118O59. The van der Waals surface area contributed by atoms with E-state index in [1.807, 2.05) is 0 Å². The molecule has 35 atom stereocenters. The molecule has 0 amide bonds. The van der Waals surface area contributed by atoms with E-state index >= 15 is 0 Å². The molecule has 59 nitrogen and oxygen atoms in total. The first kappa shape index (κ1) is 121. The van der Waals surface area contributed by atoms with E-state index in [1.54, 1.807) is 0 Å². The zero-order valence-electron chi connectivity index (χ0n) is 83.7. The minimum Gasteiger partial charge on any atom is -0.463 e. The van der Waals surface area contributed by atoms with Crippen LogP contribution in [0.1, 0.15) is 159 Å². The summed E-state index contributed by atoms with van der Waals surface area (Å²) in [4.78, 5) is 306. The SMILES string of the molecule is CC(=O)OC[C@H]1O[C@H](O[C@H]2[C@H](OC(C)=O)[C@@H](OC(C)=O)[C@@H](O[C@H]3[C@H](OC(C)=O)[C@@H](OC(C)=O)[C@@H](O[C@H]4[C@H](OC(C)=O)[C@@H](OC(C)=O)[C@@H](O[C@H]5[C@H](OC(C)=O)[C@@H](OC(C)=O)[C@@H](O[C@H]6[C@H](OC(C)=O)[C@@H](OC(C)=O)[C@@H](O[C@H]7[C@H](OC(C)=O)[C@@H](OC(C)=O)[C@@H](OC(C)=O)O[C@@H]7COC(C)=O)O[C@@H]6COC(C)=O)O[C@@H]5COC(C)=O)O[C@@H]4COC(C)=O)O[C@@H]3COC(C)=O)O[C@@H]2COC(C)=O)[C@H](OC(C)=O)[C@@H](OC(C)=O)[C@@H]1OC(C)=O. The molecule has 0 unspecified atom stereocenters. The lowest BCUT2D eigenvalue weighted by molar-refractivity contribution is -0.398. The Morgan fingerprint density at radius 2 is 0.224 bits per heavy atom. The number of rotatable bonds is 42. The van der Waals surface area contributed by atoms with Crippen LogP contribution in [0, 0.1) is 0 Å². The Morgan fingerprint density at radius 3 is 0.354 bits per heavy atom. The predicted molar refractivity (Wildman–Crippen MR) is 451 cm³/mol. The molecule has 0 bridgehead atoms. The van der Waals surface area contributed by atoms with Gasteiger partial charge in [-0.1, -0.05) is 0 Å². The molecule has 0 aromatic rings. The van der Waals surface area contributed by atoms with E-state index in [1.165, 1.54) is 0 Å². The monoisotopic (exact) mass is 2120 g/mol. The second-order valence-electron chi connectivity index (χ2n) is 33.2. The number of hydrogen-bond donors (Lipinski definition) is 0. The molecule has 824 valence electrons. The van der Waals surface area contributed by atoms with Gasteiger partial charge in [0.2, 0.25) is 12.4 Å². The van der Waals surface area contributed by atoms with Crippen LogP contribution < -0.4 is 0 Å². The molecule has 0 aromatic heterocycles. The summed E-state index contributed by atoms with van der Waals surface area (Å²) < 4.78 is 214. The molecule has 0 radical (unpaired) electrons. The van der Waals surface area contributed by atoms with E-state index in [4.69, 9.17) is 171 Å². The summed E-state index contributed by atoms with van der Waals surface area (Å²) in [6.07, 6.45) is -77.1. The fourth-order valence-corrected chi connectivity index (χ4v) is 16.1. The first-order valence-electron chi connectivity index (χ1n) is 45.0. The Morgan fingerprint density at radius 1 is 0.122 bits per heavy atom. The molecule has 7 aliphatic rings. The van der Waals surface area contributed by atoms with Crippen molar-refractivity contribution in [3.8, 4) is 0 Å². The highest BCUT2D eigenvalue weighted by Crippen LogP contribution is 2.45. The second-order valence-corrected chi connectivity index (χ2v) is 33.2. The number of hydrogen-bond acceptors (Lipinski definition) is 59. The maximum absolute atomic E-state index is 14.0. The molecule has 0 N–H and O–H groups in total. The largest absolute Gasteiger partial charge is 0.463 e. The van der Waals surface area contributed by atoms with Crippen molar-refractivity contribution in [3.63, 3.8) is 0 Å². The average Bonchev–Trinajstić information content (AvgIpc) is 0.752. The van der Waals surface area contributed by atoms with Crippen LogP contribution in [-0.2, 0) is 281 Å². The maximum atomic E-state index is 14.0. The smallest absolute Gasteiger partial charge is 0.305 e. The molecular weight excluding hydrogens is 2000 g/mol. The van der Waals surface area contributed by atoms with E-state index in [9.17, 15) is 110 Å². The lowest BCUT2D eigenvalue weighted by Crippen LogP contribution is -2.70. The van der Waals surface area contributed by atoms with Crippen LogP contribution in [0.25, 0.3) is 0 Å². The standard InChI is InChI=1S/C88H118O59/c1-31(89)112-24-54-61(119-38(8)96)68(120-39(9)97)76(128-47(17)105)83(136-54)143-63-56(26-114-33(3)91)138-85(78(130-49(19)107)70(63)122-41(11)99)145-65-58(28-116-35(5)93)140-87(80(132-51(21)109)72(65)124-43(13)101)147-67-60(30-118-37(7)95)141-88(81(133-52(22)110)74(67)126-45(15)103)146-66-59(29-117-36(6)94)139-86(79(131-50(20)108)73(66)125-44(14)102)144-64-57(27-115-34(4)92)137-84(77(129-48(18)106)71(64)123-42(12)100)142-62-55(25-113-32(2)90)135-82(134-53(23)111)75(127-46(16)104)69(62)121-40(10)98/h54-88H,24-30H2,1-23H3/t54-,55-,56-,57-,58-,59-,60-,61-,62-,63-,64-,65-,66-,67-,68+,69+,70+,71+,72+,73+,74+,75-,76-,77-,78-,79-,80-,81-,82+,83-,84-,85-,86-,87-,88-/m1/s1. The van der Waals surface area contributed by atoms with Gasteiger partial charge in [0.15, 0.2) is 123 Å².